The van der Waals surface area contributed by atoms with Crippen LogP contribution in [0.1, 0.15) is 6.92 Å². The van der Waals surface area contributed by atoms with Gasteiger partial charge < -0.3 is 28.8 Å². The molecule has 1 N–H and O–H groups in total. The fourth-order valence-corrected chi connectivity index (χ4v) is 0.969. The third kappa shape index (κ3) is 15.3. The molecule has 0 aliphatic rings. The van der Waals surface area contributed by atoms with Gasteiger partial charge in [-0.1, -0.05) is 0 Å². The fourth-order valence-electron chi connectivity index (χ4n) is 0.969. The Balaban J connectivity index is 2.92. The first kappa shape index (κ1) is 17.3. The van der Waals surface area contributed by atoms with Gasteiger partial charge in [-0.15, -0.1) is 0 Å². The van der Waals surface area contributed by atoms with E-state index in [0.717, 1.165) is 0 Å². The van der Waals surface area contributed by atoms with Crippen molar-refractivity contribution >= 4 is 5.97 Å². The summed E-state index contributed by atoms with van der Waals surface area (Å²) in [7, 11) is 0. The molecule has 0 spiro atoms. The van der Waals surface area contributed by atoms with E-state index in [1.54, 1.807) is 0 Å². The molecule has 0 saturated heterocycles. The average molecular weight is 266 g/mol. The van der Waals surface area contributed by atoms with Crippen LogP contribution in [0.15, 0.2) is 0 Å². The Bertz CT molecular complexity index is 186. The molecule has 0 aromatic rings. The Morgan fingerprint density at radius 3 is 1.56 bits per heavy atom. The highest BCUT2D eigenvalue weighted by Gasteiger charge is 1.94. The van der Waals surface area contributed by atoms with E-state index in [-0.39, 0.29) is 19.4 Å². The van der Waals surface area contributed by atoms with Crippen LogP contribution < -0.4 is 0 Å². The SMILES string of the molecule is CC(=O)OCCOCCOCCOCCOCO. The van der Waals surface area contributed by atoms with Crippen LogP contribution in [-0.2, 0) is 28.5 Å². The van der Waals surface area contributed by atoms with Gasteiger partial charge in [0.15, 0.2) is 0 Å². The van der Waals surface area contributed by atoms with Crippen molar-refractivity contribution in [3.05, 3.63) is 0 Å². The van der Waals surface area contributed by atoms with Crippen LogP contribution in [0.25, 0.3) is 0 Å². The average Bonchev–Trinajstić information content (AvgIpc) is 2.34. The van der Waals surface area contributed by atoms with Crippen molar-refractivity contribution in [1.82, 2.24) is 0 Å². The summed E-state index contributed by atoms with van der Waals surface area (Å²) in [5.41, 5.74) is 0. The molecule has 0 aromatic heterocycles. The predicted octanol–water partition coefficient (Wildman–Crippen LogP) is -0.434. The second-order valence-corrected chi connectivity index (χ2v) is 3.21. The maximum atomic E-state index is 10.4. The number of hydrogen-bond donors (Lipinski definition) is 1. The summed E-state index contributed by atoms with van der Waals surface area (Å²) in [6.45, 7) is 4.39. The molecule has 0 rings (SSSR count). The number of rotatable bonds is 13. The summed E-state index contributed by atoms with van der Waals surface area (Å²) in [6, 6.07) is 0. The Morgan fingerprint density at radius 1 is 0.778 bits per heavy atom. The van der Waals surface area contributed by atoms with Gasteiger partial charge in [0, 0.05) is 6.92 Å². The maximum absolute atomic E-state index is 10.4. The van der Waals surface area contributed by atoms with Crippen LogP contribution in [0.5, 0.6) is 0 Å². The molecular formula is C11H22O7. The Kier molecular flexibility index (Phi) is 13.8. The zero-order valence-electron chi connectivity index (χ0n) is 10.8. The summed E-state index contributed by atoms with van der Waals surface area (Å²) in [5.74, 6) is -0.308. The van der Waals surface area contributed by atoms with Gasteiger partial charge in [0.25, 0.3) is 0 Å². The molecule has 0 aliphatic carbocycles. The summed E-state index contributed by atoms with van der Waals surface area (Å²) >= 11 is 0. The van der Waals surface area contributed by atoms with Gasteiger partial charge in [-0.2, -0.15) is 0 Å². The number of esters is 1. The molecule has 108 valence electrons. The first-order chi connectivity index (χ1) is 8.77. The predicted molar refractivity (Wildman–Crippen MR) is 62.1 cm³/mol. The van der Waals surface area contributed by atoms with Crippen molar-refractivity contribution in [3.63, 3.8) is 0 Å². The molecule has 18 heavy (non-hydrogen) atoms. The molecule has 0 atom stereocenters. The highest BCUT2D eigenvalue weighted by atomic mass is 16.6. The molecule has 0 fully saturated rings. The minimum absolute atomic E-state index is 0.267. The van der Waals surface area contributed by atoms with E-state index in [4.69, 9.17) is 19.3 Å². The quantitative estimate of drug-likeness (QED) is 0.275. The van der Waals surface area contributed by atoms with E-state index >= 15 is 0 Å². The molecule has 0 amide bonds. The van der Waals surface area contributed by atoms with Crippen LogP contribution in [0, 0.1) is 0 Å². The van der Waals surface area contributed by atoms with E-state index in [1.807, 2.05) is 0 Å². The van der Waals surface area contributed by atoms with E-state index < -0.39 is 0 Å². The smallest absolute Gasteiger partial charge is 0.302 e. The Hall–Kier alpha value is -0.730. The van der Waals surface area contributed by atoms with Gasteiger partial charge in [0.1, 0.15) is 13.4 Å². The lowest BCUT2D eigenvalue weighted by Gasteiger charge is -2.06. The van der Waals surface area contributed by atoms with Gasteiger partial charge in [-0.25, -0.2) is 0 Å². The molecule has 0 heterocycles. The third-order valence-electron chi connectivity index (χ3n) is 1.74. The van der Waals surface area contributed by atoms with Gasteiger partial charge in [0.2, 0.25) is 0 Å². The van der Waals surface area contributed by atoms with E-state index in [1.165, 1.54) is 6.92 Å². The van der Waals surface area contributed by atoms with Crippen LogP contribution in [0.4, 0.5) is 0 Å². The maximum Gasteiger partial charge on any atom is 0.302 e. The monoisotopic (exact) mass is 266 g/mol. The van der Waals surface area contributed by atoms with Crippen LogP contribution in [-0.4, -0.2) is 70.7 Å². The highest BCUT2D eigenvalue weighted by molar-refractivity contribution is 5.65. The first-order valence-electron chi connectivity index (χ1n) is 5.82. The van der Waals surface area contributed by atoms with Crippen LogP contribution >= 0.6 is 0 Å². The molecule has 0 aromatic carbocycles. The van der Waals surface area contributed by atoms with Crippen molar-refractivity contribution in [3.8, 4) is 0 Å². The number of aliphatic hydroxyl groups is 1. The zero-order chi connectivity index (χ0) is 13.5. The Labute approximate surface area is 107 Å². The van der Waals surface area contributed by atoms with Gasteiger partial charge in [0.05, 0.1) is 46.2 Å². The topological polar surface area (TPSA) is 83.5 Å². The standard InChI is InChI=1S/C11H22O7/c1-11(13)18-9-8-16-5-4-14-2-3-15-6-7-17-10-12/h12H,2-10H2,1H3. The lowest BCUT2D eigenvalue weighted by atomic mass is 10.7. The van der Waals surface area contributed by atoms with E-state index in [9.17, 15) is 4.79 Å². The van der Waals surface area contributed by atoms with Crippen molar-refractivity contribution < 1.29 is 33.6 Å². The molecule has 0 radical (unpaired) electrons. The fraction of sp³-hybridized carbons (Fsp3) is 0.909. The number of ether oxygens (including phenoxy) is 5. The van der Waals surface area contributed by atoms with Crippen molar-refractivity contribution in [1.29, 1.82) is 0 Å². The number of aliphatic hydroxyl groups excluding tert-OH is 1. The van der Waals surface area contributed by atoms with E-state index in [2.05, 4.69) is 9.47 Å². The van der Waals surface area contributed by atoms with Crippen LogP contribution in [0.3, 0.4) is 0 Å². The second-order valence-electron chi connectivity index (χ2n) is 3.21. The summed E-state index contributed by atoms with van der Waals surface area (Å²) in [4.78, 5) is 10.4. The number of carbonyl (C=O) groups excluding carboxylic acids is 1. The number of hydrogen-bond acceptors (Lipinski definition) is 7. The minimum Gasteiger partial charge on any atom is -0.463 e. The summed E-state index contributed by atoms with van der Waals surface area (Å²) in [6.07, 6.45) is 0. The summed E-state index contributed by atoms with van der Waals surface area (Å²) in [5, 5.41) is 8.31. The molecule has 7 heteroatoms. The van der Waals surface area contributed by atoms with Crippen molar-refractivity contribution in [2.75, 3.05) is 59.6 Å². The molecule has 0 unspecified atom stereocenters. The first-order valence-corrected chi connectivity index (χ1v) is 5.82. The van der Waals surface area contributed by atoms with Crippen molar-refractivity contribution in [2.24, 2.45) is 0 Å². The number of carbonyl (C=O) groups is 1. The molecule has 0 bridgehead atoms. The molecule has 7 nitrogen and oxygen atoms in total. The van der Waals surface area contributed by atoms with Gasteiger partial charge >= 0.3 is 5.97 Å². The largest absolute Gasteiger partial charge is 0.463 e. The van der Waals surface area contributed by atoms with Crippen LogP contribution in [0.2, 0.25) is 0 Å². The van der Waals surface area contributed by atoms with Gasteiger partial charge in [-0.3, -0.25) is 4.79 Å². The lowest BCUT2D eigenvalue weighted by molar-refractivity contribution is -0.142. The normalized spacial score (nSPS) is 10.6. The van der Waals surface area contributed by atoms with Crippen molar-refractivity contribution in [2.45, 2.75) is 6.92 Å². The molecule has 0 aliphatic heterocycles. The zero-order valence-corrected chi connectivity index (χ0v) is 10.8. The molecular weight excluding hydrogens is 244 g/mol. The second kappa shape index (κ2) is 14.3. The van der Waals surface area contributed by atoms with E-state index in [0.29, 0.717) is 46.2 Å². The highest BCUT2D eigenvalue weighted by Crippen LogP contribution is 1.83. The molecule has 0 saturated carbocycles. The van der Waals surface area contributed by atoms with Gasteiger partial charge in [-0.05, 0) is 0 Å². The minimum atomic E-state index is -0.308. The summed E-state index contributed by atoms with van der Waals surface area (Å²) < 4.78 is 24.9. The lowest BCUT2D eigenvalue weighted by Crippen LogP contribution is -2.13. The third-order valence-corrected chi connectivity index (χ3v) is 1.74. The Morgan fingerprint density at radius 2 is 1.17 bits per heavy atom.